The van der Waals surface area contributed by atoms with Crippen molar-refractivity contribution in [3.63, 3.8) is 0 Å². The number of anilines is 1. The van der Waals surface area contributed by atoms with Crippen LogP contribution in [-0.4, -0.2) is 22.6 Å². The lowest BCUT2D eigenvalue weighted by Gasteiger charge is -2.16. The average molecular weight is 387 g/mol. The summed E-state index contributed by atoms with van der Waals surface area (Å²) < 4.78 is 43.2. The fourth-order valence-corrected chi connectivity index (χ4v) is 3.17. The molecule has 0 aliphatic carbocycles. The van der Waals surface area contributed by atoms with Gasteiger partial charge in [0.15, 0.2) is 5.82 Å². The summed E-state index contributed by atoms with van der Waals surface area (Å²) in [5, 5.41) is 3.94. The van der Waals surface area contributed by atoms with Crippen molar-refractivity contribution in [3.8, 4) is 11.5 Å². The van der Waals surface area contributed by atoms with E-state index in [9.17, 15) is 18.0 Å². The summed E-state index contributed by atoms with van der Waals surface area (Å²) in [7, 11) is 0. The van der Waals surface area contributed by atoms with E-state index in [1.165, 1.54) is 12.1 Å². The average Bonchev–Trinajstić information content (AvgIpc) is 3.29. The van der Waals surface area contributed by atoms with Gasteiger partial charge in [-0.25, -0.2) is 0 Å². The first kappa shape index (κ1) is 18.2. The van der Waals surface area contributed by atoms with E-state index in [4.69, 9.17) is 4.52 Å². The third kappa shape index (κ3) is 3.49. The molecule has 1 atom stereocenters. The number of benzene rings is 2. The highest BCUT2D eigenvalue weighted by Crippen LogP contribution is 2.33. The molecule has 1 aromatic heterocycles. The third-order valence-corrected chi connectivity index (χ3v) is 4.74. The molecule has 1 saturated heterocycles. The van der Waals surface area contributed by atoms with Crippen LogP contribution in [0.2, 0.25) is 0 Å². The molecule has 2 heterocycles. The number of halogens is 3. The summed E-state index contributed by atoms with van der Waals surface area (Å²) >= 11 is 0. The maximum Gasteiger partial charge on any atom is 0.416 e. The van der Waals surface area contributed by atoms with E-state index in [1.54, 1.807) is 4.90 Å². The van der Waals surface area contributed by atoms with Gasteiger partial charge in [-0.3, -0.25) is 4.79 Å². The van der Waals surface area contributed by atoms with Crippen molar-refractivity contribution in [3.05, 3.63) is 65.5 Å². The first-order valence-electron chi connectivity index (χ1n) is 8.69. The fraction of sp³-hybridized carbons (Fsp3) is 0.250. The molecule has 144 valence electrons. The largest absolute Gasteiger partial charge is 0.416 e. The number of hydrogen-bond acceptors (Lipinski definition) is 4. The Morgan fingerprint density at radius 1 is 1.07 bits per heavy atom. The number of aromatic nitrogens is 2. The molecular formula is C20H16F3N3O2. The topological polar surface area (TPSA) is 59.2 Å². The SMILES string of the molecule is Cc1ccc(N2CC(c3noc(-c4ccc(C(F)(F)F)cc4)n3)CC2=O)cc1. The van der Waals surface area contributed by atoms with E-state index in [0.717, 1.165) is 23.4 Å². The van der Waals surface area contributed by atoms with Crippen LogP contribution in [-0.2, 0) is 11.0 Å². The molecule has 0 bridgehead atoms. The second-order valence-corrected chi connectivity index (χ2v) is 6.77. The number of alkyl halides is 3. The highest BCUT2D eigenvalue weighted by atomic mass is 19.4. The van der Waals surface area contributed by atoms with Crippen molar-refractivity contribution in [1.82, 2.24) is 10.1 Å². The Balaban J connectivity index is 1.52. The molecule has 1 unspecified atom stereocenters. The van der Waals surface area contributed by atoms with Gasteiger partial charge in [-0.1, -0.05) is 22.9 Å². The molecule has 4 rings (SSSR count). The zero-order valence-corrected chi connectivity index (χ0v) is 14.9. The first-order valence-corrected chi connectivity index (χ1v) is 8.69. The number of carbonyl (C=O) groups excluding carboxylic acids is 1. The van der Waals surface area contributed by atoms with Crippen LogP contribution in [0.5, 0.6) is 0 Å². The summed E-state index contributed by atoms with van der Waals surface area (Å²) in [6.07, 6.45) is -4.15. The van der Waals surface area contributed by atoms with E-state index in [-0.39, 0.29) is 24.1 Å². The molecule has 8 heteroatoms. The van der Waals surface area contributed by atoms with Crippen LogP contribution >= 0.6 is 0 Å². The van der Waals surface area contributed by atoms with Gasteiger partial charge in [0.25, 0.3) is 5.89 Å². The van der Waals surface area contributed by atoms with E-state index < -0.39 is 11.7 Å². The smallest absolute Gasteiger partial charge is 0.334 e. The zero-order valence-electron chi connectivity index (χ0n) is 14.9. The minimum atomic E-state index is -4.40. The zero-order chi connectivity index (χ0) is 19.9. The summed E-state index contributed by atoms with van der Waals surface area (Å²) in [6.45, 7) is 2.40. The van der Waals surface area contributed by atoms with Crippen LogP contribution in [0.4, 0.5) is 18.9 Å². The van der Waals surface area contributed by atoms with Gasteiger partial charge >= 0.3 is 6.18 Å². The molecule has 0 radical (unpaired) electrons. The van der Waals surface area contributed by atoms with Gasteiger partial charge < -0.3 is 9.42 Å². The molecule has 0 saturated carbocycles. The Morgan fingerprint density at radius 3 is 2.39 bits per heavy atom. The van der Waals surface area contributed by atoms with Crippen LogP contribution in [0, 0.1) is 6.92 Å². The maximum absolute atomic E-state index is 12.7. The molecule has 5 nitrogen and oxygen atoms in total. The standard InChI is InChI=1S/C20H16F3N3O2/c1-12-2-8-16(9-3-12)26-11-14(10-17(26)27)18-24-19(28-25-18)13-4-6-15(7-5-13)20(21,22)23/h2-9,14H,10-11H2,1H3. The highest BCUT2D eigenvalue weighted by molar-refractivity contribution is 5.96. The van der Waals surface area contributed by atoms with Gasteiger partial charge in [-0.15, -0.1) is 0 Å². The Hall–Kier alpha value is -3.16. The Kier molecular flexibility index (Phi) is 4.41. The van der Waals surface area contributed by atoms with Crippen molar-refractivity contribution < 1.29 is 22.5 Å². The normalized spacial score (nSPS) is 17.4. The number of aryl methyl sites for hydroxylation is 1. The number of hydrogen-bond donors (Lipinski definition) is 0. The van der Waals surface area contributed by atoms with E-state index in [2.05, 4.69) is 10.1 Å². The van der Waals surface area contributed by atoms with E-state index in [0.29, 0.717) is 17.9 Å². The number of carbonyl (C=O) groups is 1. The van der Waals surface area contributed by atoms with Gasteiger partial charge in [0.1, 0.15) is 0 Å². The second kappa shape index (κ2) is 6.78. The monoisotopic (exact) mass is 387 g/mol. The van der Waals surface area contributed by atoms with Gasteiger partial charge in [-0.05, 0) is 43.3 Å². The van der Waals surface area contributed by atoms with E-state index in [1.807, 2.05) is 31.2 Å². The second-order valence-electron chi connectivity index (χ2n) is 6.77. The summed E-state index contributed by atoms with van der Waals surface area (Å²) in [4.78, 5) is 18.4. The van der Waals surface area contributed by atoms with Gasteiger partial charge in [-0.2, -0.15) is 18.2 Å². The van der Waals surface area contributed by atoms with Crippen molar-refractivity contribution in [2.75, 3.05) is 11.4 Å². The molecule has 1 aliphatic rings. The highest BCUT2D eigenvalue weighted by Gasteiger charge is 2.35. The Labute approximate surface area is 158 Å². The fourth-order valence-electron chi connectivity index (χ4n) is 3.17. The molecule has 2 aromatic carbocycles. The number of nitrogens with zero attached hydrogens (tertiary/aromatic N) is 3. The summed E-state index contributed by atoms with van der Waals surface area (Å²) in [6, 6.07) is 12.2. The van der Waals surface area contributed by atoms with Gasteiger partial charge in [0.05, 0.1) is 5.56 Å². The molecular weight excluding hydrogens is 371 g/mol. The molecule has 28 heavy (non-hydrogen) atoms. The molecule has 1 fully saturated rings. The van der Waals surface area contributed by atoms with Crippen LogP contribution in [0.15, 0.2) is 53.1 Å². The minimum absolute atomic E-state index is 0.0327. The van der Waals surface area contributed by atoms with Crippen LogP contribution < -0.4 is 4.90 Å². The third-order valence-electron chi connectivity index (χ3n) is 4.74. The maximum atomic E-state index is 12.7. The quantitative estimate of drug-likeness (QED) is 0.660. The number of rotatable bonds is 3. The predicted octanol–water partition coefficient (Wildman–Crippen LogP) is 4.58. The summed E-state index contributed by atoms with van der Waals surface area (Å²) in [5.74, 6) is 0.235. The molecule has 3 aromatic rings. The molecule has 1 aliphatic heterocycles. The lowest BCUT2D eigenvalue weighted by molar-refractivity contribution is -0.137. The number of amides is 1. The van der Waals surface area contributed by atoms with Crippen LogP contribution in [0.1, 0.15) is 29.3 Å². The van der Waals surface area contributed by atoms with Crippen molar-refractivity contribution >= 4 is 11.6 Å². The van der Waals surface area contributed by atoms with Crippen molar-refractivity contribution in [2.24, 2.45) is 0 Å². The molecule has 0 N–H and O–H groups in total. The van der Waals surface area contributed by atoms with Crippen LogP contribution in [0.25, 0.3) is 11.5 Å². The van der Waals surface area contributed by atoms with Gasteiger partial charge in [0, 0.05) is 30.1 Å². The van der Waals surface area contributed by atoms with Crippen LogP contribution in [0.3, 0.4) is 0 Å². The lowest BCUT2D eigenvalue weighted by atomic mass is 10.1. The Bertz CT molecular complexity index is 995. The predicted molar refractivity (Wildman–Crippen MR) is 95.6 cm³/mol. The van der Waals surface area contributed by atoms with Crippen molar-refractivity contribution in [1.29, 1.82) is 0 Å². The van der Waals surface area contributed by atoms with E-state index >= 15 is 0 Å². The minimum Gasteiger partial charge on any atom is -0.334 e. The Morgan fingerprint density at radius 2 is 1.75 bits per heavy atom. The molecule has 1 amide bonds. The van der Waals surface area contributed by atoms with Crippen molar-refractivity contribution in [2.45, 2.75) is 25.4 Å². The molecule has 0 spiro atoms. The lowest BCUT2D eigenvalue weighted by Crippen LogP contribution is -2.24. The summed E-state index contributed by atoms with van der Waals surface area (Å²) in [5.41, 5.74) is 1.56. The van der Waals surface area contributed by atoms with Gasteiger partial charge in [0.2, 0.25) is 5.91 Å². The first-order chi connectivity index (χ1) is 13.3.